The van der Waals surface area contributed by atoms with Gasteiger partial charge in [0.2, 0.25) is 0 Å². The Morgan fingerprint density at radius 1 is 1.23 bits per heavy atom. The summed E-state index contributed by atoms with van der Waals surface area (Å²) in [5.74, 6) is -0.545. The number of anilines is 1. The summed E-state index contributed by atoms with van der Waals surface area (Å²) >= 11 is 1.28. The van der Waals surface area contributed by atoms with Crippen LogP contribution in [-0.2, 0) is 11.3 Å². The van der Waals surface area contributed by atoms with E-state index in [1.165, 1.54) is 24.5 Å². The van der Waals surface area contributed by atoms with Crippen LogP contribution in [0.5, 0.6) is 5.75 Å². The summed E-state index contributed by atoms with van der Waals surface area (Å²) < 4.78 is 23.8. The van der Waals surface area contributed by atoms with Crippen LogP contribution in [0, 0.1) is 5.82 Å². The lowest BCUT2D eigenvalue weighted by Crippen LogP contribution is -2.12. The number of ether oxygens (including phenoxy) is 2. The fourth-order valence-electron chi connectivity index (χ4n) is 2.43. The highest BCUT2D eigenvalue weighted by molar-refractivity contribution is 7.14. The maximum atomic E-state index is 13.8. The molecule has 0 bridgehead atoms. The number of aromatic nitrogens is 1. The van der Waals surface area contributed by atoms with Crippen LogP contribution in [0.3, 0.4) is 0 Å². The number of hydrogen-bond donors (Lipinski definition) is 1. The van der Waals surface area contributed by atoms with Crippen molar-refractivity contribution in [1.82, 2.24) is 4.98 Å². The van der Waals surface area contributed by atoms with Crippen molar-refractivity contribution in [3.8, 4) is 17.0 Å². The number of thiazole rings is 1. The van der Waals surface area contributed by atoms with Crippen molar-refractivity contribution in [2.45, 2.75) is 6.61 Å². The molecule has 2 aromatic carbocycles. The molecule has 0 aliphatic carbocycles. The van der Waals surface area contributed by atoms with E-state index in [0.717, 1.165) is 5.56 Å². The van der Waals surface area contributed by atoms with Gasteiger partial charge in [0.05, 0.1) is 19.4 Å². The van der Waals surface area contributed by atoms with Gasteiger partial charge in [-0.2, -0.15) is 0 Å². The molecule has 0 aliphatic heterocycles. The van der Waals surface area contributed by atoms with Crippen LogP contribution in [0.15, 0.2) is 47.8 Å². The lowest BCUT2D eigenvalue weighted by molar-refractivity contribution is 0.102. The molecule has 0 fully saturated rings. The van der Waals surface area contributed by atoms with Gasteiger partial charge in [0.1, 0.15) is 0 Å². The lowest BCUT2D eigenvalue weighted by atomic mass is 10.1. The number of rotatable bonds is 6. The van der Waals surface area contributed by atoms with E-state index in [1.54, 1.807) is 42.8 Å². The van der Waals surface area contributed by atoms with Gasteiger partial charge in [0, 0.05) is 23.6 Å². The van der Waals surface area contributed by atoms with Crippen LogP contribution in [-0.4, -0.2) is 25.1 Å². The number of benzene rings is 2. The van der Waals surface area contributed by atoms with E-state index in [2.05, 4.69) is 10.3 Å². The fourth-order valence-corrected chi connectivity index (χ4v) is 3.14. The third kappa shape index (κ3) is 4.07. The Morgan fingerprint density at radius 3 is 2.81 bits per heavy atom. The van der Waals surface area contributed by atoms with Gasteiger partial charge in [0.15, 0.2) is 16.7 Å². The molecule has 0 spiro atoms. The van der Waals surface area contributed by atoms with Crippen molar-refractivity contribution in [3.63, 3.8) is 0 Å². The van der Waals surface area contributed by atoms with Gasteiger partial charge in [-0.15, -0.1) is 11.3 Å². The third-order valence-electron chi connectivity index (χ3n) is 3.67. The second-order valence-corrected chi connectivity index (χ2v) is 6.33. The molecule has 26 heavy (non-hydrogen) atoms. The molecule has 134 valence electrons. The van der Waals surface area contributed by atoms with Gasteiger partial charge in [0.25, 0.3) is 5.91 Å². The van der Waals surface area contributed by atoms with Gasteiger partial charge in [-0.3, -0.25) is 10.1 Å². The average Bonchev–Trinajstić information content (AvgIpc) is 3.10. The van der Waals surface area contributed by atoms with Gasteiger partial charge in [-0.1, -0.05) is 12.1 Å². The molecular formula is C19H17FN2O3S. The number of halogens is 1. The van der Waals surface area contributed by atoms with Crippen LogP contribution < -0.4 is 10.1 Å². The maximum absolute atomic E-state index is 13.8. The van der Waals surface area contributed by atoms with E-state index in [9.17, 15) is 9.18 Å². The van der Waals surface area contributed by atoms with Crippen molar-refractivity contribution < 1.29 is 18.7 Å². The van der Waals surface area contributed by atoms with Crippen LogP contribution in [0.25, 0.3) is 11.3 Å². The van der Waals surface area contributed by atoms with Crippen LogP contribution in [0.2, 0.25) is 0 Å². The fraction of sp³-hybridized carbons (Fsp3) is 0.158. The lowest BCUT2D eigenvalue weighted by Gasteiger charge is -2.05. The SMILES string of the molecule is COCc1cccc(C(=O)Nc2nc(-c3ccc(OC)c(F)c3)cs2)c1. The Labute approximate surface area is 154 Å². The predicted molar refractivity (Wildman–Crippen MR) is 99.2 cm³/mol. The van der Waals surface area contributed by atoms with Gasteiger partial charge < -0.3 is 9.47 Å². The van der Waals surface area contributed by atoms with E-state index in [0.29, 0.717) is 28.6 Å². The van der Waals surface area contributed by atoms with Crippen molar-refractivity contribution in [1.29, 1.82) is 0 Å². The second-order valence-electron chi connectivity index (χ2n) is 5.47. The molecule has 1 amide bonds. The van der Waals surface area contributed by atoms with Crippen molar-refractivity contribution in [2.75, 3.05) is 19.5 Å². The number of carbonyl (C=O) groups excluding carboxylic acids is 1. The number of amides is 1. The highest BCUT2D eigenvalue weighted by atomic mass is 32.1. The zero-order chi connectivity index (χ0) is 18.5. The molecule has 5 nitrogen and oxygen atoms in total. The van der Waals surface area contributed by atoms with Gasteiger partial charge in [-0.05, 0) is 35.9 Å². The monoisotopic (exact) mass is 372 g/mol. The summed E-state index contributed by atoms with van der Waals surface area (Å²) in [6.07, 6.45) is 0. The third-order valence-corrected chi connectivity index (χ3v) is 4.43. The molecule has 1 heterocycles. The Hall–Kier alpha value is -2.77. The Bertz CT molecular complexity index is 927. The number of hydrogen-bond acceptors (Lipinski definition) is 5. The molecule has 0 saturated heterocycles. The van der Waals surface area contributed by atoms with E-state index in [4.69, 9.17) is 9.47 Å². The first-order valence-corrected chi connectivity index (χ1v) is 8.67. The predicted octanol–water partition coefficient (Wildman–Crippen LogP) is 4.36. The minimum absolute atomic E-state index is 0.174. The number of nitrogens with zero attached hydrogens (tertiary/aromatic N) is 1. The minimum atomic E-state index is -0.460. The van der Waals surface area contributed by atoms with E-state index >= 15 is 0 Å². The number of methoxy groups -OCH3 is 2. The molecule has 1 N–H and O–H groups in total. The Kier molecular flexibility index (Phi) is 5.60. The molecule has 0 aliphatic rings. The zero-order valence-corrected chi connectivity index (χ0v) is 15.1. The molecule has 3 rings (SSSR count). The second kappa shape index (κ2) is 8.07. The summed E-state index contributed by atoms with van der Waals surface area (Å²) in [4.78, 5) is 16.7. The molecular weight excluding hydrogens is 355 g/mol. The maximum Gasteiger partial charge on any atom is 0.257 e. The van der Waals surface area contributed by atoms with Crippen molar-refractivity contribution in [2.24, 2.45) is 0 Å². The summed E-state index contributed by atoms with van der Waals surface area (Å²) in [5, 5.41) is 4.97. The molecule has 0 radical (unpaired) electrons. The summed E-state index contributed by atoms with van der Waals surface area (Å²) in [7, 11) is 3.02. The quantitative estimate of drug-likeness (QED) is 0.699. The van der Waals surface area contributed by atoms with Crippen LogP contribution in [0.4, 0.5) is 9.52 Å². The first-order chi connectivity index (χ1) is 12.6. The first kappa shape index (κ1) is 18.0. The van der Waals surface area contributed by atoms with Gasteiger partial charge in [-0.25, -0.2) is 9.37 Å². The van der Waals surface area contributed by atoms with E-state index in [1.807, 2.05) is 6.07 Å². The Balaban J connectivity index is 1.75. The average molecular weight is 372 g/mol. The van der Waals surface area contributed by atoms with E-state index < -0.39 is 5.82 Å². The normalized spacial score (nSPS) is 10.6. The minimum Gasteiger partial charge on any atom is -0.494 e. The molecule has 0 unspecified atom stereocenters. The summed E-state index contributed by atoms with van der Waals surface area (Å²) in [6.45, 7) is 0.436. The molecule has 1 aromatic heterocycles. The van der Waals surface area contributed by atoms with E-state index in [-0.39, 0.29) is 11.7 Å². The summed E-state index contributed by atoms with van der Waals surface area (Å²) in [5.41, 5.74) is 2.63. The largest absolute Gasteiger partial charge is 0.494 e. The Morgan fingerprint density at radius 2 is 2.08 bits per heavy atom. The van der Waals surface area contributed by atoms with Gasteiger partial charge >= 0.3 is 0 Å². The smallest absolute Gasteiger partial charge is 0.257 e. The van der Waals surface area contributed by atoms with Crippen molar-refractivity contribution >= 4 is 22.4 Å². The van der Waals surface area contributed by atoms with Crippen LogP contribution in [0.1, 0.15) is 15.9 Å². The number of nitrogens with one attached hydrogen (secondary N) is 1. The highest BCUT2D eigenvalue weighted by Gasteiger charge is 2.12. The van der Waals surface area contributed by atoms with Crippen molar-refractivity contribution in [3.05, 3.63) is 64.8 Å². The summed E-state index contributed by atoms with van der Waals surface area (Å²) in [6, 6.07) is 11.8. The topological polar surface area (TPSA) is 60.5 Å². The molecule has 3 aromatic rings. The first-order valence-electron chi connectivity index (χ1n) is 7.79. The van der Waals surface area contributed by atoms with Crippen LogP contribution >= 0.6 is 11.3 Å². The molecule has 0 atom stereocenters. The zero-order valence-electron chi connectivity index (χ0n) is 14.3. The standard InChI is InChI=1S/C19H17FN2O3S/c1-24-10-12-4-3-5-14(8-12)18(23)22-19-21-16(11-26-19)13-6-7-17(25-2)15(20)9-13/h3-9,11H,10H2,1-2H3,(H,21,22,23). The molecule has 0 saturated carbocycles. The molecule has 7 heteroatoms. The number of carbonyl (C=O) groups is 1. The highest BCUT2D eigenvalue weighted by Crippen LogP contribution is 2.28.